The van der Waals surface area contributed by atoms with Crippen LogP contribution in [0.25, 0.3) is 10.8 Å². The van der Waals surface area contributed by atoms with Gasteiger partial charge >= 0.3 is 0 Å². The lowest BCUT2D eigenvalue weighted by Gasteiger charge is -2.23. The van der Waals surface area contributed by atoms with Gasteiger partial charge in [-0.25, -0.2) is 8.42 Å². The molecule has 0 aliphatic carbocycles. The molecule has 0 bridgehead atoms. The fourth-order valence-electron chi connectivity index (χ4n) is 3.00. The van der Waals surface area contributed by atoms with Crippen LogP contribution in [0.15, 0.2) is 60.7 Å². The van der Waals surface area contributed by atoms with E-state index in [1.165, 1.54) is 12.1 Å². The number of fused-ring (bicyclic) bond motifs is 1. The molecule has 9 heteroatoms. The predicted octanol–water partition coefficient (Wildman–Crippen LogP) is 2.08. The summed E-state index contributed by atoms with van der Waals surface area (Å²) in [6.45, 7) is 1.21. The maximum Gasteiger partial charge on any atom is 0.273 e. The molecule has 0 spiro atoms. The summed E-state index contributed by atoms with van der Waals surface area (Å²) in [5.74, 6) is -1.70. The molecule has 8 nitrogen and oxygen atoms in total. The number of hydrogen-bond acceptors (Lipinski definition) is 5. The number of rotatable bonds is 5. The first-order chi connectivity index (χ1) is 14.2. The first kappa shape index (κ1) is 21.1. The predicted molar refractivity (Wildman–Crippen MR) is 115 cm³/mol. The Morgan fingerprint density at radius 3 is 2.20 bits per heavy atom. The Morgan fingerprint density at radius 1 is 0.967 bits per heavy atom. The van der Waals surface area contributed by atoms with Crippen LogP contribution in [0.5, 0.6) is 5.75 Å². The number of para-hydroxylation sites is 1. The molecule has 0 heterocycles. The minimum Gasteiger partial charge on any atom is -0.507 e. The molecule has 0 fully saturated rings. The van der Waals surface area contributed by atoms with Gasteiger partial charge in [-0.15, -0.1) is 0 Å². The zero-order valence-electron chi connectivity index (χ0n) is 16.4. The maximum absolute atomic E-state index is 12.4. The molecule has 2 amide bonds. The Hall–Kier alpha value is -3.59. The van der Waals surface area contributed by atoms with E-state index in [9.17, 15) is 23.1 Å². The number of aryl methyl sites for hydroxylation is 1. The molecule has 0 radical (unpaired) electrons. The molecular formula is C21H21N3O5S. The van der Waals surface area contributed by atoms with Gasteiger partial charge in [-0.1, -0.05) is 42.5 Å². The smallest absolute Gasteiger partial charge is 0.273 e. The molecule has 3 N–H and O–H groups in total. The first-order valence-electron chi connectivity index (χ1n) is 9.01. The first-order valence-corrected chi connectivity index (χ1v) is 10.9. The van der Waals surface area contributed by atoms with E-state index in [0.717, 1.165) is 21.3 Å². The highest BCUT2D eigenvalue weighted by Crippen LogP contribution is 2.25. The zero-order chi connectivity index (χ0) is 21.9. The molecule has 0 aliphatic rings. The highest BCUT2D eigenvalue weighted by atomic mass is 32.2. The van der Waals surface area contributed by atoms with Crippen LogP contribution >= 0.6 is 0 Å². The van der Waals surface area contributed by atoms with Gasteiger partial charge in [0.15, 0.2) is 0 Å². The van der Waals surface area contributed by atoms with Gasteiger partial charge < -0.3 is 5.11 Å². The summed E-state index contributed by atoms with van der Waals surface area (Å²) in [7, 11) is -3.74. The summed E-state index contributed by atoms with van der Waals surface area (Å²) in [5, 5.41) is 11.6. The molecule has 0 aromatic heterocycles. The van der Waals surface area contributed by atoms with E-state index >= 15 is 0 Å². The van der Waals surface area contributed by atoms with E-state index in [0.29, 0.717) is 11.3 Å². The highest BCUT2D eigenvalue weighted by Gasteiger charge is 2.22. The lowest BCUT2D eigenvalue weighted by molar-refractivity contribution is -0.120. The second kappa shape index (κ2) is 8.42. The van der Waals surface area contributed by atoms with E-state index in [1.807, 2.05) is 6.07 Å². The molecule has 0 atom stereocenters. The molecule has 0 saturated carbocycles. The second-order valence-corrected chi connectivity index (χ2v) is 8.68. The van der Waals surface area contributed by atoms with E-state index in [2.05, 4.69) is 10.9 Å². The Morgan fingerprint density at radius 2 is 1.57 bits per heavy atom. The topological polar surface area (TPSA) is 116 Å². The normalized spacial score (nSPS) is 11.1. The highest BCUT2D eigenvalue weighted by molar-refractivity contribution is 7.92. The van der Waals surface area contributed by atoms with E-state index in [-0.39, 0.29) is 11.3 Å². The molecule has 3 aromatic rings. The van der Waals surface area contributed by atoms with Gasteiger partial charge in [-0.3, -0.25) is 24.7 Å². The van der Waals surface area contributed by atoms with E-state index in [4.69, 9.17) is 0 Å². The number of carbonyl (C=O) groups excluding carboxylic acids is 2. The number of nitrogens with one attached hydrogen (secondary N) is 2. The van der Waals surface area contributed by atoms with Crippen molar-refractivity contribution in [2.45, 2.75) is 6.92 Å². The monoisotopic (exact) mass is 427 g/mol. The number of hydrazine groups is 1. The molecule has 3 rings (SSSR count). The van der Waals surface area contributed by atoms with Crippen molar-refractivity contribution in [3.05, 3.63) is 71.8 Å². The Balaban J connectivity index is 1.72. The van der Waals surface area contributed by atoms with Gasteiger partial charge in [0.1, 0.15) is 12.3 Å². The van der Waals surface area contributed by atoms with Crippen LogP contribution < -0.4 is 15.2 Å². The number of sulfonamides is 1. The standard InChI is InChI=1S/C21H21N3O5S/c1-14-7-3-6-10-18(14)24(30(2,28)29)13-20(26)22-23-21(27)17-11-15-8-4-5-9-16(15)12-19(17)25/h3-12,25H,13H2,1-2H3,(H,22,26)(H,23,27). The minimum atomic E-state index is -3.74. The van der Waals surface area contributed by atoms with Crippen LogP contribution in [0.2, 0.25) is 0 Å². The third-order valence-corrected chi connectivity index (χ3v) is 5.62. The average molecular weight is 427 g/mol. The number of phenols is 1. The van der Waals surface area contributed by atoms with Crippen molar-refractivity contribution in [1.82, 2.24) is 10.9 Å². The maximum atomic E-state index is 12.4. The van der Waals surface area contributed by atoms with Crippen molar-refractivity contribution in [2.75, 3.05) is 17.1 Å². The van der Waals surface area contributed by atoms with Gasteiger partial charge in [-0.05, 0) is 41.5 Å². The molecular weight excluding hydrogens is 406 g/mol. The third kappa shape index (κ3) is 4.69. The Kier molecular flexibility index (Phi) is 5.93. The average Bonchev–Trinajstić information content (AvgIpc) is 2.69. The molecule has 3 aromatic carbocycles. The Labute approximate surface area is 174 Å². The van der Waals surface area contributed by atoms with Crippen LogP contribution in [-0.4, -0.2) is 38.1 Å². The molecule has 30 heavy (non-hydrogen) atoms. The lowest BCUT2D eigenvalue weighted by atomic mass is 10.1. The summed E-state index contributed by atoms with van der Waals surface area (Å²) in [4.78, 5) is 24.7. The van der Waals surface area contributed by atoms with Crippen LogP contribution in [0.1, 0.15) is 15.9 Å². The SMILES string of the molecule is Cc1ccccc1N(CC(=O)NNC(=O)c1cc2ccccc2cc1O)S(C)(=O)=O. The van der Waals surface area contributed by atoms with Crippen LogP contribution in [-0.2, 0) is 14.8 Å². The number of benzene rings is 3. The summed E-state index contributed by atoms with van der Waals surface area (Å²) < 4.78 is 25.3. The van der Waals surface area contributed by atoms with Gasteiger partial charge in [0.25, 0.3) is 11.8 Å². The number of carbonyl (C=O) groups is 2. The fourth-order valence-corrected chi connectivity index (χ4v) is 3.91. The summed E-state index contributed by atoms with van der Waals surface area (Å²) in [6.07, 6.45) is 0.998. The quantitative estimate of drug-likeness (QED) is 0.539. The molecule has 0 saturated heterocycles. The molecule has 0 aliphatic heterocycles. The van der Waals surface area contributed by atoms with Crippen molar-refractivity contribution < 1.29 is 23.1 Å². The number of amides is 2. The van der Waals surface area contributed by atoms with E-state index < -0.39 is 28.4 Å². The summed E-state index contributed by atoms with van der Waals surface area (Å²) in [5.41, 5.74) is 5.43. The number of nitrogens with zero attached hydrogens (tertiary/aromatic N) is 1. The molecule has 156 valence electrons. The van der Waals surface area contributed by atoms with Crippen molar-refractivity contribution in [3.63, 3.8) is 0 Å². The van der Waals surface area contributed by atoms with Gasteiger partial charge in [0.2, 0.25) is 10.0 Å². The zero-order valence-corrected chi connectivity index (χ0v) is 17.2. The van der Waals surface area contributed by atoms with Crippen molar-refractivity contribution >= 4 is 38.3 Å². The molecule has 0 unspecified atom stereocenters. The van der Waals surface area contributed by atoms with Crippen molar-refractivity contribution in [1.29, 1.82) is 0 Å². The lowest BCUT2D eigenvalue weighted by Crippen LogP contribution is -2.47. The third-order valence-electron chi connectivity index (χ3n) is 4.50. The van der Waals surface area contributed by atoms with Gasteiger partial charge in [0.05, 0.1) is 17.5 Å². The summed E-state index contributed by atoms with van der Waals surface area (Å²) >= 11 is 0. The fraction of sp³-hybridized carbons (Fsp3) is 0.143. The second-order valence-electron chi connectivity index (χ2n) is 6.77. The van der Waals surface area contributed by atoms with Gasteiger partial charge in [0, 0.05) is 0 Å². The van der Waals surface area contributed by atoms with E-state index in [1.54, 1.807) is 49.4 Å². The number of aromatic hydroxyl groups is 1. The van der Waals surface area contributed by atoms with Crippen LogP contribution in [0, 0.1) is 6.92 Å². The number of hydrogen-bond donors (Lipinski definition) is 3. The number of phenolic OH excluding ortho intramolecular Hbond substituents is 1. The Bertz CT molecular complexity index is 1220. The van der Waals surface area contributed by atoms with Crippen molar-refractivity contribution in [2.24, 2.45) is 0 Å². The minimum absolute atomic E-state index is 0.0205. The largest absolute Gasteiger partial charge is 0.507 e. The number of anilines is 1. The van der Waals surface area contributed by atoms with Crippen molar-refractivity contribution in [3.8, 4) is 5.75 Å². The van der Waals surface area contributed by atoms with Gasteiger partial charge in [-0.2, -0.15) is 0 Å². The van der Waals surface area contributed by atoms with Crippen LogP contribution in [0.4, 0.5) is 5.69 Å². The summed E-state index contributed by atoms with van der Waals surface area (Å²) in [6, 6.07) is 16.9. The van der Waals surface area contributed by atoms with Crippen LogP contribution in [0.3, 0.4) is 0 Å².